The van der Waals surface area contributed by atoms with Crippen molar-refractivity contribution in [2.45, 2.75) is 44.9 Å². The zero-order chi connectivity index (χ0) is 13.3. The Bertz CT molecular complexity index is 405. The number of nitrogens with one attached hydrogen (secondary N) is 1. The van der Waals surface area contributed by atoms with E-state index in [2.05, 4.69) is 19.2 Å². The van der Waals surface area contributed by atoms with E-state index < -0.39 is 0 Å². The first-order valence-corrected chi connectivity index (χ1v) is 7.15. The molecular weight excluding hydrogens is 293 g/mol. The summed E-state index contributed by atoms with van der Waals surface area (Å²) in [5, 5.41) is 5.06. The molecule has 1 heterocycles. The Labute approximate surface area is 123 Å². The lowest BCUT2D eigenvalue weighted by Gasteiger charge is -2.33. The van der Waals surface area contributed by atoms with E-state index in [1.54, 1.807) is 12.1 Å². The average Bonchev–Trinajstić information content (AvgIpc) is 2.22. The summed E-state index contributed by atoms with van der Waals surface area (Å²) < 4.78 is 5.71. The summed E-state index contributed by atoms with van der Waals surface area (Å²) in [6, 6.07) is 3.72. The van der Waals surface area contributed by atoms with Gasteiger partial charge in [0.2, 0.25) is 0 Å². The summed E-state index contributed by atoms with van der Waals surface area (Å²) in [6.45, 7) is 4.16. The lowest BCUT2D eigenvalue weighted by molar-refractivity contribution is -0.0337. The van der Waals surface area contributed by atoms with Crippen molar-refractivity contribution < 1.29 is 4.74 Å². The SMILES string of the molecule is CC1CC(Nc2c(Cl)cc(Cl)cc2Cl)CC(C)O1. The first kappa shape index (κ1) is 14.3. The fraction of sp³-hybridized carbons (Fsp3) is 0.538. The standard InChI is InChI=1S/C13H16Cl3NO/c1-7-3-10(4-8(2)18-7)17-13-11(15)5-9(14)6-12(13)16/h5-8,10,17H,3-4H2,1-2H3. The van der Waals surface area contributed by atoms with Gasteiger partial charge in [0, 0.05) is 11.1 Å². The van der Waals surface area contributed by atoms with Crippen LogP contribution in [0.4, 0.5) is 5.69 Å². The Morgan fingerprint density at radius 3 is 2.06 bits per heavy atom. The minimum absolute atomic E-state index is 0.246. The van der Waals surface area contributed by atoms with Crippen LogP contribution >= 0.6 is 34.8 Å². The first-order chi connectivity index (χ1) is 8.45. The fourth-order valence-corrected chi connectivity index (χ4v) is 3.33. The zero-order valence-corrected chi connectivity index (χ0v) is 12.6. The molecule has 100 valence electrons. The average molecular weight is 309 g/mol. The minimum atomic E-state index is 0.246. The topological polar surface area (TPSA) is 21.3 Å². The third-order valence-electron chi connectivity index (χ3n) is 3.05. The van der Waals surface area contributed by atoms with E-state index in [1.165, 1.54) is 0 Å². The van der Waals surface area contributed by atoms with Gasteiger partial charge in [-0.2, -0.15) is 0 Å². The third kappa shape index (κ3) is 3.45. The number of halogens is 3. The Kier molecular flexibility index (Phi) is 4.65. The van der Waals surface area contributed by atoms with Gasteiger partial charge in [0.05, 0.1) is 27.9 Å². The first-order valence-electron chi connectivity index (χ1n) is 6.02. The minimum Gasteiger partial charge on any atom is -0.380 e. The molecule has 2 atom stereocenters. The molecule has 1 aromatic rings. The van der Waals surface area contributed by atoms with Crippen molar-refractivity contribution in [3.05, 3.63) is 27.2 Å². The summed E-state index contributed by atoms with van der Waals surface area (Å²) in [7, 11) is 0. The molecule has 0 saturated carbocycles. The van der Waals surface area contributed by atoms with E-state index in [-0.39, 0.29) is 12.2 Å². The van der Waals surface area contributed by atoms with E-state index in [4.69, 9.17) is 39.5 Å². The maximum atomic E-state index is 6.16. The molecule has 0 spiro atoms. The van der Waals surface area contributed by atoms with Gasteiger partial charge >= 0.3 is 0 Å². The molecule has 0 radical (unpaired) electrons. The predicted molar refractivity (Wildman–Crippen MR) is 78.1 cm³/mol. The largest absolute Gasteiger partial charge is 0.380 e. The molecule has 0 aromatic heterocycles. The van der Waals surface area contributed by atoms with E-state index >= 15 is 0 Å². The highest BCUT2D eigenvalue weighted by molar-refractivity contribution is 6.41. The van der Waals surface area contributed by atoms with Gasteiger partial charge < -0.3 is 10.1 Å². The van der Waals surface area contributed by atoms with Crippen molar-refractivity contribution in [3.8, 4) is 0 Å². The second-order valence-corrected chi connectivity index (χ2v) is 6.07. The Morgan fingerprint density at radius 2 is 1.56 bits per heavy atom. The number of rotatable bonds is 2. The van der Waals surface area contributed by atoms with Gasteiger partial charge in [-0.05, 0) is 38.8 Å². The van der Waals surface area contributed by atoms with Crippen LogP contribution in [0.25, 0.3) is 0 Å². The smallest absolute Gasteiger partial charge is 0.0722 e. The van der Waals surface area contributed by atoms with Gasteiger partial charge in [0.15, 0.2) is 0 Å². The van der Waals surface area contributed by atoms with E-state index in [9.17, 15) is 0 Å². The predicted octanol–water partition coefficient (Wildman–Crippen LogP) is 5.01. The normalized spacial score (nSPS) is 28.2. The quantitative estimate of drug-likeness (QED) is 0.828. The highest BCUT2D eigenvalue weighted by Gasteiger charge is 2.25. The Hall–Kier alpha value is -0.150. The summed E-state index contributed by atoms with van der Waals surface area (Å²) in [5.41, 5.74) is 0.758. The van der Waals surface area contributed by atoms with E-state index in [0.717, 1.165) is 18.5 Å². The molecule has 5 heteroatoms. The molecule has 1 aliphatic rings. The van der Waals surface area contributed by atoms with Crippen molar-refractivity contribution in [2.75, 3.05) is 5.32 Å². The van der Waals surface area contributed by atoms with Crippen LogP contribution in [0, 0.1) is 0 Å². The van der Waals surface area contributed by atoms with Gasteiger partial charge in [-0.25, -0.2) is 0 Å². The summed E-state index contributed by atoms with van der Waals surface area (Å²) in [6.07, 6.45) is 2.38. The third-order valence-corrected chi connectivity index (χ3v) is 3.87. The molecule has 18 heavy (non-hydrogen) atoms. The lowest BCUT2D eigenvalue weighted by atomic mass is 9.99. The van der Waals surface area contributed by atoms with Crippen LogP contribution in [0.5, 0.6) is 0 Å². The molecule has 0 bridgehead atoms. The highest BCUT2D eigenvalue weighted by atomic mass is 35.5. The monoisotopic (exact) mass is 307 g/mol. The number of anilines is 1. The molecule has 2 rings (SSSR count). The molecule has 1 fully saturated rings. The van der Waals surface area contributed by atoms with Crippen molar-refractivity contribution in [1.82, 2.24) is 0 Å². The van der Waals surface area contributed by atoms with Crippen LogP contribution in [0.15, 0.2) is 12.1 Å². The van der Waals surface area contributed by atoms with Gasteiger partial charge in [-0.1, -0.05) is 34.8 Å². The van der Waals surface area contributed by atoms with Crippen molar-refractivity contribution in [1.29, 1.82) is 0 Å². The van der Waals surface area contributed by atoms with E-state index in [1.807, 2.05) is 0 Å². The molecule has 0 amide bonds. The van der Waals surface area contributed by atoms with Crippen LogP contribution in [0.2, 0.25) is 15.1 Å². The molecule has 1 saturated heterocycles. The lowest BCUT2D eigenvalue weighted by Crippen LogP contribution is -2.37. The van der Waals surface area contributed by atoms with Crippen LogP contribution in [0.1, 0.15) is 26.7 Å². The second kappa shape index (κ2) is 5.87. The van der Waals surface area contributed by atoms with Gasteiger partial charge in [0.25, 0.3) is 0 Å². The molecule has 0 aliphatic carbocycles. The fourth-order valence-electron chi connectivity index (χ4n) is 2.41. The van der Waals surface area contributed by atoms with E-state index in [0.29, 0.717) is 21.1 Å². The Balaban J connectivity index is 2.14. The summed E-state index contributed by atoms with van der Waals surface area (Å²) in [4.78, 5) is 0. The number of hydrogen-bond acceptors (Lipinski definition) is 2. The van der Waals surface area contributed by atoms with Crippen molar-refractivity contribution in [2.24, 2.45) is 0 Å². The van der Waals surface area contributed by atoms with Crippen LogP contribution in [0.3, 0.4) is 0 Å². The van der Waals surface area contributed by atoms with Gasteiger partial charge in [0.1, 0.15) is 0 Å². The summed E-state index contributed by atoms with van der Waals surface area (Å²) in [5.74, 6) is 0. The Morgan fingerprint density at radius 1 is 1.06 bits per heavy atom. The molecule has 1 aliphatic heterocycles. The zero-order valence-electron chi connectivity index (χ0n) is 10.3. The highest BCUT2D eigenvalue weighted by Crippen LogP contribution is 2.35. The van der Waals surface area contributed by atoms with Crippen LogP contribution in [-0.2, 0) is 4.74 Å². The van der Waals surface area contributed by atoms with Crippen molar-refractivity contribution in [3.63, 3.8) is 0 Å². The maximum Gasteiger partial charge on any atom is 0.0722 e. The number of benzene rings is 1. The molecule has 1 N–H and O–H groups in total. The van der Waals surface area contributed by atoms with Crippen LogP contribution < -0.4 is 5.32 Å². The summed E-state index contributed by atoms with van der Waals surface area (Å²) >= 11 is 18.2. The second-order valence-electron chi connectivity index (χ2n) is 4.81. The number of hydrogen-bond donors (Lipinski definition) is 1. The maximum absolute atomic E-state index is 6.16. The molecule has 2 nitrogen and oxygen atoms in total. The van der Waals surface area contributed by atoms with Gasteiger partial charge in [-0.3, -0.25) is 0 Å². The number of ether oxygens (including phenoxy) is 1. The molecule has 1 aromatic carbocycles. The molecular formula is C13H16Cl3NO. The van der Waals surface area contributed by atoms with Crippen molar-refractivity contribution >= 4 is 40.5 Å². The van der Waals surface area contributed by atoms with Gasteiger partial charge in [-0.15, -0.1) is 0 Å². The molecule has 2 unspecified atom stereocenters. The van der Waals surface area contributed by atoms with Crippen LogP contribution in [-0.4, -0.2) is 18.2 Å².